The van der Waals surface area contributed by atoms with E-state index in [2.05, 4.69) is 64.3 Å². The van der Waals surface area contributed by atoms with E-state index in [0.29, 0.717) is 24.1 Å². The Labute approximate surface area is 201 Å². The molecule has 1 saturated carbocycles. The van der Waals surface area contributed by atoms with E-state index >= 15 is 0 Å². The molecule has 1 aromatic heterocycles. The molecular weight excluding hydrogens is 424 g/mol. The van der Waals surface area contributed by atoms with E-state index < -0.39 is 5.60 Å². The average molecular weight is 455 g/mol. The molecule has 0 spiro atoms. The van der Waals surface area contributed by atoms with Gasteiger partial charge in [-0.15, -0.1) is 5.92 Å². The van der Waals surface area contributed by atoms with Crippen molar-refractivity contribution in [1.29, 1.82) is 0 Å². The van der Waals surface area contributed by atoms with Crippen molar-refractivity contribution < 1.29 is 14.6 Å². The molecule has 1 N–H and O–H groups in total. The summed E-state index contributed by atoms with van der Waals surface area (Å²) in [6.45, 7) is 1.81. The standard InChI is InChI=1S/C29H30N2O3/c1-3-13-28(32)14-15-29(17-21-7-5-4-6-8-21)23(18-28)10-9-22-16-24(11-12-26(22)29)34-27-30-19-25(33-2)20-31-27/h4-8,11-12,16,19-20,23,32H,9-10,14-15,17-18H2,1-2H3/t23-,28-,29+/m1/s1. The number of nitrogens with zero attached hydrogens (tertiary/aromatic N) is 2. The van der Waals surface area contributed by atoms with Crippen LogP contribution in [0.15, 0.2) is 60.9 Å². The van der Waals surface area contributed by atoms with Crippen LogP contribution in [-0.2, 0) is 18.3 Å². The molecule has 0 radical (unpaired) electrons. The zero-order chi connectivity index (χ0) is 23.6. The summed E-state index contributed by atoms with van der Waals surface area (Å²) in [4.78, 5) is 8.45. The molecule has 1 fully saturated rings. The first-order valence-electron chi connectivity index (χ1n) is 11.9. The van der Waals surface area contributed by atoms with Gasteiger partial charge < -0.3 is 14.6 Å². The molecule has 2 aliphatic carbocycles. The zero-order valence-electron chi connectivity index (χ0n) is 19.8. The van der Waals surface area contributed by atoms with Gasteiger partial charge in [-0.1, -0.05) is 42.3 Å². The van der Waals surface area contributed by atoms with E-state index in [1.807, 2.05) is 13.0 Å². The SMILES string of the molecule is CC#C[C@@]1(O)CC[C@@]2(Cc3ccccc3)c3ccc(Oc4ncc(OC)cn4)cc3CC[C@@H]2C1. The quantitative estimate of drug-likeness (QED) is 0.533. The third-order valence-corrected chi connectivity index (χ3v) is 7.49. The Kier molecular flexibility index (Phi) is 6.02. The normalized spacial score (nSPS) is 25.3. The largest absolute Gasteiger partial charge is 0.494 e. The lowest BCUT2D eigenvalue weighted by Gasteiger charge is -2.52. The molecule has 0 aliphatic heterocycles. The minimum absolute atomic E-state index is 0.0221. The number of methoxy groups -OCH3 is 1. The third-order valence-electron chi connectivity index (χ3n) is 7.49. The molecule has 0 amide bonds. The number of benzene rings is 2. The first-order chi connectivity index (χ1) is 16.5. The van der Waals surface area contributed by atoms with E-state index in [1.54, 1.807) is 19.5 Å². The van der Waals surface area contributed by atoms with E-state index in [1.165, 1.54) is 16.7 Å². The highest BCUT2D eigenvalue weighted by Gasteiger charge is 2.51. The van der Waals surface area contributed by atoms with E-state index in [-0.39, 0.29) is 5.41 Å². The highest BCUT2D eigenvalue weighted by Crippen LogP contribution is 2.54. The molecule has 3 atom stereocenters. The molecule has 5 heteroatoms. The van der Waals surface area contributed by atoms with E-state index in [9.17, 15) is 5.11 Å². The first kappa shape index (κ1) is 22.4. The lowest BCUT2D eigenvalue weighted by molar-refractivity contribution is -0.00804. The summed E-state index contributed by atoms with van der Waals surface area (Å²) in [6, 6.07) is 17.4. The van der Waals surface area contributed by atoms with Crippen molar-refractivity contribution in [2.75, 3.05) is 7.11 Å². The average Bonchev–Trinajstić information content (AvgIpc) is 2.86. The fourth-order valence-electron chi connectivity index (χ4n) is 5.93. The van der Waals surface area contributed by atoms with Gasteiger partial charge in [-0.25, -0.2) is 0 Å². The summed E-state index contributed by atoms with van der Waals surface area (Å²) in [5, 5.41) is 11.2. The maximum absolute atomic E-state index is 11.2. The summed E-state index contributed by atoms with van der Waals surface area (Å²) in [5.41, 5.74) is 3.11. The number of hydrogen-bond donors (Lipinski definition) is 1. The molecule has 2 aliphatic rings. The van der Waals surface area contributed by atoms with E-state index in [4.69, 9.17) is 9.47 Å². The highest BCUT2D eigenvalue weighted by atomic mass is 16.5. The Bertz CT molecular complexity index is 1220. The monoisotopic (exact) mass is 454 g/mol. The third kappa shape index (κ3) is 4.26. The highest BCUT2D eigenvalue weighted by molar-refractivity contribution is 5.46. The van der Waals surface area contributed by atoms with Crippen LogP contribution in [0.5, 0.6) is 17.5 Å². The van der Waals surface area contributed by atoms with Crippen LogP contribution in [0.3, 0.4) is 0 Å². The van der Waals surface area contributed by atoms with E-state index in [0.717, 1.165) is 37.9 Å². The van der Waals surface area contributed by atoms with Crippen molar-refractivity contribution in [2.24, 2.45) is 5.92 Å². The number of aryl methyl sites for hydroxylation is 1. The lowest BCUT2D eigenvalue weighted by atomic mass is 9.52. The van der Waals surface area contributed by atoms with Gasteiger partial charge in [0.2, 0.25) is 0 Å². The molecule has 2 aromatic carbocycles. The maximum atomic E-state index is 11.2. The van der Waals surface area contributed by atoms with Crippen molar-refractivity contribution in [3.8, 4) is 29.4 Å². The van der Waals surface area contributed by atoms with Gasteiger partial charge >= 0.3 is 6.01 Å². The van der Waals surface area contributed by atoms with Gasteiger partial charge in [0.05, 0.1) is 19.5 Å². The molecule has 0 saturated heterocycles. The minimum atomic E-state index is -0.883. The number of aromatic nitrogens is 2. The van der Waals surface area contributed by atoms with Crippen LogP contribution >= 0.6 is 0 Å². The smallest absolute Gasteiger partial charge is 0.322 e. The second-order valence-electron chi connectivity index (χ2n) is 9.49. The molecular formula is C29H30N2O3. The summed E-state index contributed by atoms with van der Waals surface area (Å²) in [5.74, 6) is 7.77. The Balaban J connectivity index is 1.49. The summed E-state index contributed by atoms with van der Waals surface area (Å²) < 4.78 is 11.1. The first-order valence-corrected chi connectivity index (χ1v) is 11.9. The van der Waals surface area contributed by atoms with Gasteiger partial charge in [0.15, 0.2) is 5.75 Å². The molecule has 3 aromatic rings. The Morgan fingerprint density at radius 3 is 2.59 bits per heavy atom. The Morgan fingerprint density at radius 2 is 1.85 bits per heavy atom. The Morgan fingerprint density at radius 1 is 1.06 bits per heavy atom. The van der Waals surface area contributed by atoms with Crippen LogP contribution in [0, 0.1) is 17.8 Å². The van der Waals surface area contributed by atoms with Crippen LogP contribution < -0.4 is 9.47 Å². The fraction of sp³-hybridized carbons (Fsp3) is 0.379. The van der Waals surface area contributed by atoms with Crippen LogP contribution in [0.25, 0.3) is 0 Å². The number of hydrogen-bond acceptors (Lipinski definition) is 5. The van der Waals surface area contributed by atoms with Crippen molar-refractivity contribution in [3.05, 3.63) is 77.6 Å². The number of rotatable bonds is 5. The molecule has 5 nitrogen and oxygen atoms in total. The lowest BCUT2D eigenvalue weighted by Crippen LogP contribution is -2.50. The fourth-order valence-corrected chi connectivity index (χ4v) is 5.93. The molecule has 0 bridgehead atoms. The van der Waals surface area contributed by atoms with Gasteiger partial charge in [0, 0.05) is 5.41 Å². The van der Waals surface area contributed by atoms with Crippen molar-refractivity contribution in [3.63, 3.8) is 0 Å². The summed E-state index contributed by atoms with van der Waals surface area (Å²) in [6.07, 6.45) is 8.45. The van der Waals surface area contributed by atoms with Crippen molar-refractivity contribution in [1.82, 2.24) is 9.97 Å². The zero-order valence-corrected chi connectivity index (χ0v) is 19.8. The summed E-state index contributed by atoms with van der Waals surface area (Å²) >= 11 is 0. The van der Waals surface area contributed by atoms with Crippen molar-refractivity contribution in [2.45, 2.75) is 56.5 Å². The van der Waals surface area contributed by atoms with Crippen LogP contribution in [0.4, 0.5) is 0 Å². The molecule has 0 unspecified atom stereocenters. The minimum Gasteiger partial charge on any atom is -0.494 e. The van der Waals surface area contributed by atoms with Gasteiger partial charge in [0.25, 0.3) is 0 Å². The number of aliphatic hydroxyl groups is 1. The van der Waals surface area contributed by atoms with Gasteiger partial charge in [-0.2, -0.15) is 9.97 Å². The Hall–Kier alpha value is -3.36. The number of fused-ring (bicyclic) bond motifs is 3. The van der Waals surface area contributed by atoms with Gasteiger partial charge in [0.1, 0.15) is 11.4 Å². The van der Waals surface area contributed by atoms with Crippen molar-refractivity contribution >= 4 is 0 Å². The second-order valence-corrected chi connectivity index (χ2v) is 9.49. The van der Waals surface area contributed by atoms with Crippen LogP contribution in [0.2, 0.25) is 0 Å². The molecule has 174 valence electrons. The predicted octanol–water partition coefficient (Wildman–Crippen LogP) is 5.26. The predicted molar refractivity (Wildman–Crippen MR) is 131 cm³/mol. The van der Waals surface area contributed by atoms with Crippen LogP contribution in [-0.4, -0.2) is 27.8 Å². The maximum Gasteiger partial charge on any atom is 0.322 e. The van der Waals surface area contributed by atoms with Gasteiger partial charge in [-0.3, -0.25) is 0 Å². The molecule has 34 heavy (non-hydrogen) atoms. The second kappa shape index (κ2) is 9.12. The number of ether oxygens (including phenoxy) is 2. The molecule has 5 rings (SSSR count). The van der Waals surface area contributed by atoms with Crippen LogP contribution in [0.1, 0.15) is 49.3 Å². The molecule has 1 heterocycles. The topological polar surface area (TPSA) is 64.5 Å². The summed E-state index contributed by atoms with van der Waals surface area (Å²) in [7, 11) is 1.59. The van der Waals surface area contributed by atoms with Gasteiger partial charge in [-0.05, 0) is 80.2 Å².